The monoisotopic (exact) mass is 590 g/mol. The molecule has 2 aliphatic rings. The van der Waals surface area contributed by atoms with E-state index in [0.717, 1.165) is 75.0 Å². The number of carbonyl (C=O) groups is 1. The lowest BCUT2D eigenvalue weighted by molar-refractivity contribution is -0.111. The molecule has 3 heterocycles. The van der Waals surface area contributed by atoms with Crippen LogP contribution in [0.3, 0.4) is 0 Å². The first-order valence-electron chi connectivity index (χ1n) is 14.4. The zero-order valence-corrected chi connectivity index (χ0v) is 25.5. The lowest BCUT2D eigenvalue weighted by Crippen LogP contribution is -2.52. The van der Waals surface area contributed by atoms with E-state index in [-0.39, 0.29) is 17.7 Å². The van der Waals surface area contributed by atoms with Crippen molar-refractivity contribution >= 4 is 53.6 Å². The predicted octanol–water partition coefficient (Wildman–Crippen LogP) is 4.81. The highest BCUT2D eigenvalue weighted by atomic mass is 31.1. The average Bonchev–Trinajstić information content (AvgIpc) is 2.99. The summed E-state index contributed by atoms with van der Waals surface area (Å²) in [5, 5.41) is 10.4. The molecule has 11 heteroatoms. The number of para-hydroxylation sites is 1. The highest BCUT2D eigenvalue weighted by Gasteiger charge is 2.27. The largest absolute Gasteiger partial charge is 0.370 e. The summed E-state index contributed by atoms with van der Waals surface area (Å²) in [5.74, 6) is -0.484. The Morgan fingerprint density at radius 2 is 1.76 bits per heavy atom. The maximum absolute atomic E-state index is 14.7. The first-order valence-corrected chi connectivity index (χ1v) is 16.6. The van der Waals surface area contributed by atoms with Crippen molar-refractivity contribution in [3.05, 3.63) is 67.1 Å². The molecule has 2 saturated heterocycles. The molecule has 5 rings (SSSR count). The number of nitrogens with zero attached hydrogens (tertiary/aromatic N) is 5. The number of likely N-dealkylation sites (N-methyl/N-ethyl adjacent to an activating group) is 1. The summed E-state index contributed by atoms with van der Waals surface area (Å²) in [4.78, 5) is 28.3. The van der Waals surface area contributed by atoms with Crippen LogP contribution < -0.4 is 26.2 Å². The predicted molar refractivity (Wildman–Crippen MR) is 173 cm³/mol. The number of rotatable bonds is 9. The van der Waals surface area contributed by atoms with Crippen molar-refractivity contribution in [1.82, 2.24) is 19.8 Å². The van der Waals surface area contributed by atoms with Gasteiger partial charge in [0, 0.05) is 56.7 Å². The van der Waals surface area contributed by atoms with Gasteiger partial charge in [-0.25, -0.2) is 9.37 Å². The number of piperidine rings is 1. The van der Waals surface area contributed by atoms with Crippen molar-refractivity contribution in [1.29, 1.82) is 0 Å². The number of piperazine rings is 1. The number of halogens is 1. The van der Waals surface area contributed by atoms with Crippen molar-refractivity contribution in [2.24, 2.45) is 0 Å². The van der Waals surface area contributed by atoms with Gasteiger partial charge in [0.2, 0.25) is 11.9 Å². The Bertz CT molecular complexity index is 1400. The van der Waals surface area contributed by atoms with Gasteiger partial charge in [-0.1, -0.05) is 32.7 Å². The molecule has 222 valence electrons. The van der Waals surface area contributed by atoms with Crippen LogP contribution in [0.15, 0.2) is 61.3 Å². The van der Waals surface area contributed by atoms with Gasteiger partial charge in [-0.3, -0.25) is 9.69 Å². The number of hydrogen-bond donors (Lipinski definition) is 3. The lowest BCUT2D eigenvalue weighted by atomic mass is 10.0. The van der Waals surface area contributed by atoms with Crippen LogP contribution in [0.25, 0.3) is 0 Å². The minimum Gasteiger partial charge on any atom is -0.370 e. The standard InChI is InChI=1S/C31H40FN8OP/c1-5-29(41)35-26-20-22(10-11-27(26)40-14-12-23(13-15-40)39-18-16-38(2)17-19-39)34-31-33-21-24(32)30(37-31)36-25-8-6-7-9-28(25)42(3)4/h5-11,20-21,23H,1,12-19H2,2-4H3,(H,35,41)(H2,33,34,36,37). The molecular weight excluding hydrogens is 550 g/mol. The third-order valence-electron chi connectivity index (χ3n) is 7.94. The number of aromatic nitrogens is 2. The minimum atomic E-state index is -0.541. The second kappa shape index (κ2) is 13.6. The second-order valence-corrected chi connectivity index (χ2v) is 13.3. The summed E-state index contributed by atoms with van der Waals surface area (Å²) in [6, 6.07) is 14.2. The minimum absolute atomic E-state index is 0.0943. The van der Waals surface area contributed by atoms with Crippen molar-refractivity contribution in [2.45, 2.75) is 18.9 Å². The van der Waals surface area contributed by atoms with Gasteiger partial charge >= 0.3 is 0 Å². The van der Waals surface area contributed by atoms with Gasteiger partial charge in [0.15, 0.2) is 11.6 Å². The molecular formula is C31H40FN8OP. The molecule has 2 fully saturated rings. The van der Waals surface area contributed by atoms with Crippen molar-refractivity contribution in [3.8, 4) is 0 Å². The number of amides is 1. The molecule has 3 aromatic rings. The lowest BCUT2D eigenvalue weighted by Gasteiger charge is -2.43. The Hall–Kier alpha value is -3.59. The van der Waals surface area contributed by atoms with E-state index in [4.69, 9.17) is 0 Å². The van der Waals surface area contributed by atoms with E-state index in [1.807, 2.05) is 42.5 Å². The van der Waals surface area contributed by atoms with Gasteiger partial charge < -0.3 is 25.8 Å². The first kappa shape index (κ1) is 29.9. The van der Waals surface area contributed by atoms with Crippen molar-refractivity contribution in [3.63, 3.8) is 0 Å². The normalized spacial score (nSPS) is 16.8. The van der Waals surface area contributed by atoms with E-state index in [1.54, 1.807) is 0 Å². The summed E-state index contributed by atoms with van der Waals surface area (Å²) < 4.78 is 14.7. The average molecular weight is 591 g/mol. The number of nitrogens with one attached hydrogen (secondary N) is 3. The van der Waals surface area contributed by atoms with Crippen LogP contribution in [-0.2, 0) is 4.79 Å². The highest BCUT2D eigenvalue weighted by molar-refractivity contribution is 7.64. The molecule has 0 bridgehead atoms. The Kier molecular flexibility index (Phi) is 9.67. The van der Waals surface area contributed by atoms with E-state index in [0.29, 0.717) is 17.4 Å². The summed E-state index contributed by atoms with van der Waals surface area (Å²) in [6.45, 7) is 14.2. The van der Waals surface area contributed by atoms with Crippen LogP contribution in [0, 0.1) is 5.82 Å². The van der Waals surface area contributed by atoms with Crippen molar-refractivity contribution in [2.75, 3.05) is 80.5 Å². The summed E-state index contributed by atoms with van der Waals surface area (Å²) in [5.41, 5.74) is 3.14. The van der Waals surface area contributed by atoms with Gasteiger partial charge in [0.1, 0.15) is 0 Å². The molecule has 0 radical (unpaired) electrons. The summed E-state index contributed by atoms with van der Waals surface area (Å²) in [6.07, 6.45) is 4.58. The Labute approximate surface area is 249 Å². The fourth-order valence-electron chi connectivity index (χ4n) is 5.57. The third-order valence-corrected chi connectivity index (χ3v) is 9.29. The maximum atomic E-state index is 14.7. The Balaban J connectivity index is 1.32. The van der Waals surface area contributed by atoms with E-state index in [2.05, 4.69) is 67.6 Å². The molecule has 0 saturated carbocycles. The number of anilines is 6. The number of hydrogen-bond acceptors (Lipinski definition) is 8. The van der Waals surface area contributed by atoms with Crippen LogP contribution in [0.1, 0.15) is 12.8 Å². The summed E-state index contributed by atoms with van der Waals surface area (Å²) >= 11 is 0. The first-order chi connectivity index (χ1) is 20.3. The van der Waals surface area contributed by atoms with Crippen LogP contribution >= 0.6 is 7.92 Å². The van der Waals surface area contributed by atoms with Gasteiger partial charge in [0.25, 0.3) is 0 Å². The fourth-order valence-corrected chi connectivity index (χ4v) is 6.57. The second-order valence-electron chi connectivity index (χ2n) is 11.0. The summed E-state index contributed by atoms with van der Waals surface area (Å²) in [7, 11) is 1.79. The molecule has 42 heavy (non-hydrogen) atoms. The van der Waals surface area contributed by atoms with E-state index in [1.165, 1.54) is 6.08 Å². The topological polar surface area (TPSA) is 88.7 Å². The highest BCUT2D eigenvalue weighted by Crippen LogP contribution is 2.34. The molecule has 2 aromatic carbocycles. The van der Waals surface area contributed by atoms with E-state index >= 15 is 0 Å². The zero-order chi connectivity index (χ0) is 29.6. The molecule has 0 spiro atoms. The van der Waals surface area contributed by atoms with Gasteiger partial charge in [0.05, 0.1) is 17.6 Å². The van der Waals surface area contributed by atoms with Crippen LogP contribution in [0.2, 0.25) is 0 Å². The zero-order valence-electron chi connectivity index (χ0n) is 24.6. The van der Waals surface area contributed by atoms with Crippen LogP contribution in [0.4, 0.5) is 38.9 Å². The van der Waals surface area contributed by atoms with E-state index in [9.17, 15) is 9.18 Å². The van der Waals surface area contributed by atoms with E-state index < -0.39 is 13.7 Å². The Morgan fingerprint density at radius 1 is 1.02 bits per heavy atom. The van der Waals surface area contributed by atoms with Gasteiger partial charge in [-0.05, 0) is 68.9 Å². The molecule has 9 nitrogen and oxygen atoms in total. The smallest absolute Gasteiger partial charge is 0.247 e. The number of carbonyl (C=O) groups excluding carboxylic acids is 1. The Morgan fingerprint density at radius 3 is 2.48 bits per heavy atom. The van der Waals surface area contributed by atoms with Gasteiger partial charge in [-0.2, -0.15) is 4.98 Å². The molecule has 0 unspecified atom stereocenters. The third kappa shape index (κ3) is 7.24. The molecule has 3 N–H and O–H groups in total. The molecule has 1 amide bonds. The molecule has 0 atom stereocenters. The van der Waals surface area contributed by atoms with Crippen LogP contribution in [-0.4, -0.2) is 91.4 Å². The number of benzene rings is 2. The van der Waals surface area contributed by atoms with Crippen molar-refractivity contribution < 1.29 is 9.18 Å². The SMILES string of the molecule is C=CC(=O)Nc1cc(Nc2ncc(F)c(Nc3ccccc3P(C)C)n2)ccc1N1CCC(N2CCN(C)CC2)CC1. The molecule has 1 aromatic heterocycles. The molecule has 0 aliphatic carbocycles. The van der Waals surface area contributed by atoms with Crippen LogP contribution in [0.5, 0.6) is 0 Å². The maximum Gasteiger partial charge on any atom is 0.247 e. The molecule has 2 aliphatic heterocycles. The quantitative estimate of drug-likeness (QED) is 0.242. The fraction of sp³-hybridized carbons (Fsp3) is 0.387. The van der Waals surface area contributed by atoms with Gasteiger partial charge in [-0.15, -0.1) is 0 Å².